The molecule has 0 aromatic rings. The molecular formula is C20H30O7S. The van der Waals surface area contributed by atoms with Crippen LogP contribution < -0.4 is 0 Å². The average molecular weight is 415 g/mol. The lowest BCUT2D eigenvalue weighted by Crippen LogP contribution is -2.57. The van der Waals surface area contributed by atoms with Gasteiger partial charge in [0.2, 0.25) is 0 Å². The molecule has 28 heavy (non-hydrogen) atoms. The average Bonchev–Trinajstić information content (AvgIpc) is 3.02. The number of aliphatic hydroxyl groups is 2. The maximum Gasteiger partial charge on any atom is 0.335 e. The minimum atomic E-state index is -4.52. The predicted molar refractivity (Wildman–Crippen MR) is 103 cm³/mol. The van der Waals surface area contributed by atoms with E-state index in [9.17, 15) is 28.0 Å². The molecule has 0 aromatic heterocycles. The van der Waals surface area contributed by atoms with Crippen molar-refractivity contribution >= 4 is 16.1 Å². The normalized spacial score (nSPS) is 39.9. The zero-order valence-corrected chi connectivity index (χ0v) is 17.2. The third-order valence-electron chi connectivity index (χ3n) is 7.60. The Bertz CT molecular complexity index is 801. The molecule has 7 nitrogen and oxygen atoms in total. The molecule has 2 aliphatic carbocycles. The molecule has 0 spiro atoms. The number of rotatable bonds is 5. The van der Waals surface area contributed by atoms with E-state index in [-0.39, 0.29) is 37.0 Å². The molecule has 2 saturated carbocycles. The summed E-state index contributed by atoms with van der Waals surface area (Å²) in [5.74, 6) is -1.02. The van der Waals surface area contributed by atoms with Gasteiger partial charge in [-0.25, -0.2) is 4.79 Å². The van der Waals surface area contributed by atoms with E-state index in [1.807, 2.05) is 6.92 Å². The molecule has 3 rings (SSSR count). The Morgan fingerprint density at radius 2 is 2.04 bits per heavy atom. The standard InChI is InChI=1S/C20H30O7S/c1-12-4-5-16-19(2,8-6-17(22)20(16,3)11-21)14(12)10-15(28(24,25)26)13-7-9-27-18(13)23/h7,14-17,21-22H,1,4-6,8-11H2,2-3H3,(H,24,25,26)/t14-,15+,16?,17-,19+,20+/m1/s1. The van der Waals surface area contributed by atoms with Gasteiger partial charge >= 0.3 is 5.97 Å². The Kier molecular flexibility index (Phi) is 5.55. The lowest BCUT2D eigenvalue weighted by molar-refractivity contribution is -0.152. The third kappa shape index (κ3) is 3.34. The molecule has 3 aliphatic rings. The smallest absolute Gasteiger partial charge is 0.335 e. The fourth-order valence-electron chi connectivity index (χ4n) is 5.90. The summed E-state index contributed by atoms with van der Waals surface area (Å²) in [6, 6.07) is 0. The first-order valence-electron chi connectivity index (χ1n) is 9.75. The molecule has 0 radical (unpaired) electrons. The van der Waals surface area contributed by atoms with Gasteiger partial charge in [-0.3, -0.25) is 4.55 Å². The lowest BCUT2D eigenvalue weighted by Gasteiger charge is -2.60. The summed E-state index contributed by atoms with van der Waals surface area (Å²) in [5.41, 5.74) is -0.235. The number of esters is 1. The van der Waals surface area contributed by atoms with Crippen LogP contribution in [0.25, 0.3) is 0 Å². The van der Waals surface area contributed by atoms with E-state index in [1.54, 1.807) is 0 Å². The molecule has 8 heteroatoms. The molecule has 3 N–H and O–H groups in total. The summed E-state index contributed by atoms with van der Waals surface area (Å²) < 4.78 is 39.0. The van der Waals surface area contributed by atoms with E-state index in [0.29, 0.717) is 19.3 Å². The van der Waals surface area contributed by atoms with E-state index in [4.69, 9.17) is 4.74 Å². The van der Waals surface area contributed by atoms with Crippen LogP contribution in [0, 0.1) is 22.7 Å². The number of ether oxygens (including phenoxy) is 1. The highest BCUT2D eigenvalue weighted by Gasteiger charge is 2.58. The molecule has 0 bridgehead atoms. The van der Waals surface area contributed by atoms with Crippen LogP contribution in [0.5, 0.6) is 0 Å². The van der Waals surface area contributed by atoms with Crippen molar-refractivity contribution in [3.63, 3.8) is 0 Å². The highest BCUT2D eigenvalue weighted by Crippen LogP contribution is 2.62. The van der Waals surface area contributed by atoms with E-state index in [0.717, 1.165) is 12.0 Å². The van der Waals surface area contributed by atoms with Gasteiger partial charge in [-0.15, -0.1) is 0 Å². The first-order valence-corrected chi connectivity index (χ1v) is 11.3. The fraction of sp³-hybridized carbons (Fsp3) is 0.750. The van der Waals surface area contributed by atoms with Crippen LogP contribution in [0.1, 0.15) is 46.0 Å². The molecule has 0 saturated heterocycles. The molecular weight excluding hydrogens is 384 g/mol. The number of fused-ring (bicyclic) bond motifs is 1. The van der Waals surface area contributed by atoms with Crippen molar-refractivity contribution < 1.29 is 32.7 Å². The van der Waals surface area contributed by atoms with Crippen LogP contribution in [0.3, 0.4) is 0 Å². The first kappa shape index (κ1) is 21.5. The summed E-state index contributed by atoms with van der Waals surface area (Å²) in [6.07, 6.45) is 3.36. The molecule has 6 atom stereocenters. The van der Waals surface area contributed by atoms with Crippen molar-refractivity contribution in [2.45, 2.75) is 57.3 Å². The van der Waals surface area contributed by atoms with Crippen LogP contribution in [0.4, 0.5) is 0 Å². The van der Waals surface area contributed by atoms with Crippen LogP contribution >= 0.6 is 0 Å². The summed E-state index contributed by atoms with van der Waals surface area (Å²) in [7, 11) is -4.52. The summed E-state index contributed by atoms with van der Waals surface area (Å²) >= 11 is 0. The van der Waals surface area contributed by atoms with E-state index >= 15 is 0 Å². The fourth-order valence-corrected chi connectivity index (χ4v) is 6.84. The minimum absolute atomic E-state index is 0.000465. The van der Waals surface area contributed by atoms with Crippen molar-refractivity contribution in [2.24, 2.45) is 22.7 Å². The van der Waals surface area contributed by atoms with Gasteiger partial charge in [0.1, 0.15) is 11.9 Å². The van der Waals surface area contributed by atoms with Crippen molar-refractivity contribution in [3.05, 3.63) is 23.8 Å². The number of hydrogen-bond acceptors (Lipinski definition) is 6. The summed E-state index contributed by atoms with van der Waals surface area (Å²) in [4.78, 5) is 12.0. The van der Waals surface area contributed by atoms with Crippen LogP contribution in [-0.2, 0) is 19.6 Å². The minimum Gasteiger partial charge on any atom is -0.458 e. The van der Waals surface area contributed by atoms with Crippen LogP contribution in [0.15, 0.2) is 23.8 Å². The molecule has 2 fully saturated rings. The highest BCUT2D eigenvalue weighted by molar-refractivity contribution is 7.86. The highest BCUT2D eigenvalue weighted by atomic mass is 32.2. The molecule has 158 valence electrons. The third-order valence-corrected chi connectivity index (χ3v) is 8.77. The van der Waals surface area contributed by atoms with Gasteiger partial charge in [-0.05, 0) is 55.4 Å². The van der Waals surface area contributed by atoms with E-state index in [1.165, 1.54) is 6.08 Å². The zero-order chi connectivity index (χ0) is 20.9. The number of allylic oxidation sites excluding steroid dienone is 1. The Labute approximate surface area is 166 Å². The number of aliphatic hydroxyl groups excluding tert-OH is 2. The van der Waals surface area contributed by atoms with E-state index in [2.05, 4.69) is 13.5 Å². The number of hydrogen-bond donors (Lipinski definition) is 3. The maximum atomic E-state index is 12.1. The Morgan fingerprint density at radius 3 is 2.57 bits per heavy atom. The van der Waals surface area contributed by atoms with Crippen molar-refractivity contribution in [1.29, 1.82) is 0 Å². The molecule has 0 amide bonds. The first-order chi connectivity index (χ1) is 12.9. The molecule has 1 aliphatic heterocycles. The second kappa shape index (κ2) is 7.23. The van der Waals surface area contributed by atoms with Crippen molar-refractivity contribution in [3.8, 4) is 0 Å². The lowest BCUT2D eigenvalue weighted by atomic mass is 9.46. The van der Waals surface area contributed by atoms with Gasteiger partial charge in [0.25, 0.3) is 10.1 Å². The van der Waals surface area contributed by atoms with Gasteiger partial charge < -0.3 is 14.9 Å². The Hall–Kier alpha value is -1.22. The number of carbonyl (C=O) groups excluding carboxylic acids is 1. The summed E-state index contributed by atoms with van der Waals surface area (Å²) in [5, 5.41) is 19.3. The second-order valence-electron chi connectivity index (χ2n) is 9.02. The SMILES string of the molecule is C=C1CCC2[C@](C)(CO)[C@H](O)CC[C@@]2(C)[C@@H]1C[C@@H](C1=CCOC1=O)S(=O)(=O)O. The van der Waals surface area contributed by atoms with E-state index < -0.39 is 38.3 Å². The van der Waals surface area contributed by atoms with Crippen molar-refractivity contribution in [2.75, 3.05) is 13.2 Å². The van der Waals surface area contributed by atoms with Crippen molar-refractivity contribution in [1.82, 2.24) is 0 Å². The monoisotopic (exact) mass is 414 g/mol. The Morgan fingerprint density at radius 1 is 1.36 bits per heavy atom. The zero-order valence-electron chi connectivity index (χ0n) is 16.4. The Balaban J connectivity index is 1.99. The van der Waals surface area contributed by atoms with Gasteiger partial charge in [-0.2, -0.15) is 8.42 Å². The van der Waals surface area contributed by atoms with Crippen LogP contribution in [-0.4, -0.2) is 53.7 Å². The number of carbonyl (C=O) groups is 1. The van der Waals surface area contributed by atoms with Gasteiger partial charge in [-0.1, -0.05) is 26.0 Å². The summed E-state index contributed by atoms with van der Waals surface area (Å²) in [6.45, 7) is 7.94. The predicted octanol–water partition coefficient (Wildman–Crippen LogP) is 1.86. The van der Waals surface area contributed by atoms with Gasteiger partial charge in [0.05, 0.1) is 18.3 Å². The molecule has 0 aromatic carbocycles. The quantitative estimate of drug-likeness (QED) is 0.357. The van der Waals surface area contributed by atoms with Crippen LogP contribution in [0.2, 0.25) is 0 Å². The molecule has 1 heterocycles. The van der Waals surface area contributed by atoms with Gasteiger partial charge in [0, 0.05) is 5.41 Å². The topological polar surface area (TPSA) is 121 Å². The largest absolute Gasteiger partial charge is 0.458 e. The molecule has 1 unspecified atom stereocenters. The maximum absolute atomic E-state index is 12.1. The second-order valence-corrected chi connectivity index (χ2v) is 10.6. The number of cyclic esters (lactones) is 1. The van der Waals surface area contributed by atoms with Gasteiger partial charge in [0.15, 0.2) is 0 Å².